The van der Waals surface area contributed by atoms with Crippen LogP contribution in [0, 0.1) is 15.9 Å². The Morgan fingerprint density at radius 2 is 2.29 bits per heavy atom. The molecule has 17 heavy (non-hydrogen) atoms. The molecule has 2 N–H and O–H groups in total. The van der Waals surface area contributed by atoms with Crippen molar-refractivity contribution in [2.45, 2.75) is 25.1 Å². The van der Waals surface area contributed by atoms with Gasteiger partial charge in [0.2, 0.25) is 0 Å². The molecular formula is C11H15FN2O2S. The fourth-order valence-electron chi connectivity index (χ4n) is 1.30. The molecule has 0 spiro atoms. The topological polar surface area (TPSA) is 69.2 Å². The van der Waals surface area contributed by atoms with E-state index >= 15 is 0 Å². The maximum atomic E-state index is 13.0. The molecule has 0 amide bonds. The molecule has 0 aliphatic rings. The summed E-state index contributed by atoms with van der Waals surface area (Å²) in [5, 5.41) is 10.7. The van der Waals surface area contributed by atoms with E-state index in [9.17, 15) is 14.5 Å². The zero-order chi connectivity index (χ0) is 12.8. The van der Waals surface area contributed by atoms with E-state index in [2.05, 4.69) is 0 Å². The molecular weight excluding hydrogens is 243 g/mol. The maximum Gasteiger partial charge on any atom is 0.273 e. The number of nitrogens with zero attached hydrogens (tertiary/aromatic N) is 1. The van der Waals surface area contributed by atoms with Gasteiger partial charge in [0.05, 0.1) is 4.92 Å². The molecule has 0 heterocycles. The average molecular weight is 258 g/mol. The number of nitro groups is 1. The highest BCUT2D eigenvalue weighted by Gasteiger charge is 2.14. The second-order valence-electron chi connectivity index (χ2n) is 3.85. The van der Waals surface area contributed by atoms with Crippen molar-refractivity contribution in [1.29, 1.82) is 0 Å². The maximum absolute atomic E-state index is 13.0. The minimum absolute atomic E-state index is 0.0281. The third-order valence-electron chi connectivity index (χ3n) is 2.21. The quantitative estimate of drug-likeness (QED) is 0.484. The summed E-state index contributed by atoms with van der Waals surface area (Å²) >= 11 is 1.52. The lowest BCUT2D eigenvalue weighted by Gasteiger charge is -2.05. The Balaban J connectivity index is 2.62. The van der Waals surface area contributed by atoms with Crippen LogP contribution in [0.5, 0.6) is 0 Å². The standard InChI is InChI=1S/C11H15FN2O2S/c1-8(13)4-5-17-7-9-6-10(12)2-3-11(9)14(15)16/h2-3,6,8H,4-5,7,13H2,1H3. The van der Waals surface area contributed by atoms with Crippen LogP contribution in [-0.2, 0) is 5.75 Å². The third kappa shape index (κ3) is 4.70. The van der Waals surface area contributed by atoms with E-state index in [1.807, 2.05) is 6.92 Å². The van der Waals surface area contributed by atoms with E-state index < -0.39 is 10.7 Å². The van der Waals surface area contributed by atoms with Crippen LogP contribution >= 0.6 is 11.8 Å². The van der Waals surface area contributed by atoms with Crippen LogP contribution < -0.4 is 5.73 Å². The second kappa shape index (κ2) is 6.56. The van der Waals surface area contributed by atoms with Gasteiger partial charge < -0.3 is 5.73 Å². The van der Waals surface area contributed by atoms with E-state index in [0.717, 1.165) is 18.2 Å². The summed E-state index contributed by atoms with van der Waals surface area (Å²) in [6, 6.07) is 3.65. The van der Waals surface area contributed by atoms with Crippen LogP contribution in [0.2, 0.25) is 0 Å². The molecule has 6 heteroatoms. The molecule has 1 rings (SSSR count). The second-order valence-corrected chi connectivity index (χ2v) is 4.95. The summed E-state index contributed by atoms with van der Waals surface area (Å²) in [5.74, 6) is 0.796. The Kier molecular flexibility index (Phi) is 5.37. The van der Waals surface area contributed by atoms with Gasteiger partial charge in [0.1, 0.15) is 5.82 Å². The van der Waals surface area contributed by atoms with E-state index in [4.69, 9.17) is 5.73 Å². The van der Waals surface area contributed by atoms with Crippen molar-refractivity contribution in [1.82, 2.24) is 0 Å². The zero-order valence-electron chi connectivity index (χ0n) is 9.56. The van der Waals surface area contributed by atoms with Crippen LogP contribution in [0.3, 0.4) is 0 Å². The number of rotatable bonds is 6. The Morgan fingerprint density at radius 1 is 1.59 bits per heavy atom. The van der Waals surface area contributed by atoms with E-state index in [0.29, 0.717) is 11.3 Å². The Bertz CT molecular complexity index is 399. The first-order valence-electron chi connectivity index (χ1n) is 5.27. The Labute approximate surface area is 104 Å². The summed E-state index contributed by atoms with van der Waals surface area (Å²) in [5.41, 5.74) is 5.99. The van der Waals surface area contributed by atoms with Crippen LogP contribution in [-0.4, -0.2) is 16.7 Å². The molecule has 0 fully saturated rings. The molecule has 1 atom stereocenters. The van der Waals surface area contributed by atoms with Gasteiger partial charge in [-0.25, -0.2) is 4.39 Å². The molecule has 94 valence electrons. The summed E-state index contributed by atoms with van der Waals surface area (Å²) in [7, 11) is 0. The minimum atomic E-state index is -0.485. The number of halogens is 1. The van der Waals surface area contributed by atoms with Gasteiger partial charge in [0, 0.05) is 23.4 Å². The molecule has 4 nitrogen and oxygen atoms in total. The molecule has 1 aromatic carbocycles. The van der Waals surface area contributed by atoms with Crippen molar-refractivity contribution in [3.8, 4) is 0 Å². The summed E-state index contributed by atoms with van der Waals surface area (Å²) in [4.78, 5) is 10.2. The average Bonchev–Trinajstić information content (AvgIpc) is 2.23. The smallest absolute Gasteiger partial charge is 0.273 e. The molecule has 0 saturated carbocycles. The molecule has 0 aliphatic carbocycles. The van der Waals surface area contributed by atoms with Gasteiger partial charge in [-0.3, -0.25) is 10.1 Å². The SMILES string of the molecule is CC(N)CCSCc1cc(F)ccc1[N+](=O)[O-]. The summed E-state index contributed by atoms with van der Waals surface area (Å²) in [6.07, 6.45) is 0.841. The number of benzene rings is 1. The van der Waals surface area contributed by atoms with Crippen molar-refractivity contribution >= 4 is 17.4 Å². The van der Waals surface area contributed by atoms with Crippen LogP contribution in [0.1, 0.15) is 18.9 Å². The largest absolute Gasteiger partial charge is 0.328 e. The van der Waals surface area contributed by atoms with Crippen molar-refractivity contribution in [2.75, 3.05) is 5.75 Å². The normalized spacial score (nSPS) is 12.4. The highest BCUT2D eigenvalue weighted by molar-refractivity contribution is 7.98. The van der Waals surface area contributed by atoms with Crippen molar-refractivity contribution in [3.05, 3.63) is 39.7 Å². The van der Waals surface area contributed by atoms with Crippen molar-refractivity contribution in [3.63, 3.8) is 0 Å². The minimum Gasteiger partial charge on any atom is -0.328 e. The van der Waals surface area contributed by atoms with E-state index in [1.54, 1.807) is 0 Å². The van der Waals surface area contributed by atoms with Crippen molar-refractivity contribution in [2.24, 2.45) is 5.73 Å². The predicted molar refractivity (Wildman–Crippen MR) is 67.5 cm³/mol. The molecule has 0 aromatic heterocycles. The highest BCUT2D eigenvalue weighted by Crippen LogP contribution is 2.24. The Hall–Kier alpha value is -1.14. The van der Waals surface area contributed by atoms with E-state index in [-0.39, 0.29) is 11.7 Å². The number of hydrogen-bond acceptors (Lipinski definition) is 4. The molecule has 0 bridgehead atoms. The summed E-state index contributed by atoms with van der Waals surface area (Å²) in [6.45, 7) is 1.91. The van der Waals surface area contributed by atoms with Crippen LogP contribution in [0.15, 0.2) is 18.2 Å². The lowest BCUT2D eigenvalue weighted by atomic mass is 10.2. The molecule has 0 radical (unpaired) electrons. The lowest BCUT2D eigenvalue weighted by Crippen LogP contribution is -2.15. The first kappa shape index (κ1) is 13.9. The van der Waals surface area contributed by atoms with Gasteiger partial charge in [-0.1, -0.05) is 0 Å². The third-order valence-corrected chi connectivity index (χ3v) is 3.25. The molecule has 0 aliphatic heterocycles. The summed E-state index contributed by atoms with van der Waals surface area (Å²) < 4.78 is 13.0. The van der Waals surface area contributed by atoms with Gasteiger partial charge in [-0.15, -0.1) is 0 Å². The highest BCUT2D eigenvalue weighted by atomic mass is 32.2. The number of hydrogen-bond donors (Lipinski definition) is 1. The predicted octanol–water partition coefficient (Wildman–Crippen LogP) is 2.70. The van der Waals surface area contributed by atoms with Crippen LogP contribution in [0.4, 0.5) is 10.1 Å². The van der Waals surface area contributed by atoms with E-state index in [1.165, 1.54) is 23.9 Å². The van der Waals surface area contributed by atoms with Crippen LogP contribution in [0.25, 0.3) is 0 Å². The number of nitrogens with two attached hydrogens (primary N) is 1. The zero-order valence-corrected chi connectivity index (χ0v) is 10.4. The lowest BCUT2D eigenvalue weighted by molar-refractivity contribution is -0.385. The van der Waals surface area contributed by atoms with Gasteiger partial charge in [-0.05, 0) is 31.2 Å². The van der Waals surface area contributed by atoms with Gasteiger partial charge >= 0.3 is 0 Å². The Morgan fingerprint density at radius 3 is 2.88 bits per heavy atom. The molecule has 0 saturated heterocycles. The molecule has 1 unspecified atom stereocenters. The molecule has 1 aromatic rings. The van der Waals surface area contributed by atoms with Crippen molar-refractivity contribution < 1.29 is 9.31 Å². The fraction of sp³-hybridized carbons (Fsp3) is 0.455. The fourth-order valence-corrected chi connectivity index (χ4v) is 2.43. The monoisotopic (exact) mass is 258 g/mol. The number of nitro benzene ring substituents is 1. The van der Waals surface area contributed by atoms with Gasteiger partial charge in [0.25, 0.3) is 5.69 Å². The van der Waals surface area contributed by atoms with Gasteiger partial charge in [0.15, 0.2) is 0 Å². The van der Waals surface area contributed by atoms with Gasteiger partial charge in [-0.2, -0.15) is 11.8 Å². The number of thioether (sulfide) groups is 1. The first-order chi connectivity index (χ1) is 8.00. The first-order valence-corrected chi connectivity index (χ1v) is 6.42.